The minimum Gasteiger partial charge on any atom is -0.462 e. The second-order valence-electron chi connectivity index (χ2n) is 1.70. The molecule has 1 heterocycles. The van der Waals surface area contributed by atoms with E-state index in [1.165, 1.54) is 18.4 Å². The van der Waals surface area contributed by atoms with Crippen LogP contribution in [0, 0.1) is 0 Å². The van der Waals surface area contributed by atoms with Crippen molar-refractivity contribution in [1.82, 2.24) is 0 Å². The van der Waals surface area contributed by atoms with Crippen molar-refractivity contribution in [3.05, 3.63) is 22.4 Å². The topological polar surface area (TPSA) is 52.3 Å². The summed E-state index contributed by atoms with van der Waals surface area (Å²) in [6.07, 6.45) is 0. The Bertz CT molecular complexity index is 209. The smallest absolute Gasteiger partial charge is 0.348 e. The van der Waals surface area contributed by atoms with Gasteiger partial charge in [-0.3, -0.25) is 0 Å². The fraction of sp³-hybridized carbons (Fsp3) is 0.375. The zero-order chi connectivity index (χ0) is 9.40. The van der Waals surface area contributed by atoms with E-state index in [1.807, 2.05) is 11.4 Å². The van der Waals surface area contributed by atoms with Gasteiger partial charge in [0.1, 0.15) is 4.88 Å². The van der Waals surface area contributed by atoms with E-state index in [4.69, 9.17) is 4.74 Å². The van der Waals surface area contributed by atoms with Crippen LogP contribution in [0.4, 0.5) is 0 Å². The third-order valence-corrected chi connectivity index (χ3v) is 1.85. The molecule has 3 nitrogen and oxygen atoms in total. The first-order chi connectivity index (χ1) is 5.84. The van der Waals surface area contributed by atoms with Crippen molar-refractivity contribution in [3.63, 3.8) is 0 Å². The molecular weight excluding hydrogens is 174 g/mol. The SMILES string of the molecule is CCOC(=O)c1cccs1.CN. The van der Waals surface area contributed by atoms with Gasteiger partial charge in [0.15, 0.2) is 0 Å². The van der Waals surface area contributed by atoms with Gasteiger partial charge in [0.2, 0.25) is 0 Å². The largest absolute Gasteiger partial charge is 0.462 e. The Kier molecular flexibility index (Phi) is 6.32. The lowest BCUT2D eigenvalue weighted by molar-refractivity contribution is 0.0532. The van der Waals surface area contributed by atoms with E-state index >= 15 is 0 Å². The van der Waals surface area contributed by atoms with Crippen LogP contribution >= 0.6 is 11.3 Å². The van der Waals surface area contributed by atoms with Crippen LogP contribution in [0.5, 0.6) is 0 Å². The molecule has 0 amide bonds. The highest BCUT2D eigenvalue weighted by Gasteiger charge is 2.04. The summed E-state index contributed by atoms with van der Waals surface area (Å²) in [5, 5.41) is 1.85. The predicted molar refractivity (Wildman–Crippen MR) is 50.4 cm³/mol. The molecule has 0 aliphatic carbocycles. The highest BCUT2D eigenvalue weighted by molar-refractivity contribution is 7.11. The molecule has 0 spiro atoms. The van der Waals surface area contributed by atoms with Gasteiger partial charge < -0.3 is 10.5 Å². The molecule has 0 atom stereocenters. The molecule has 0 aliphatic heterocycles. The number of hydrogen-bond donors (Lipinski definition) is 1. The molecular formula is C8H13NO2S. The minimum absolute atomic E-state index is 0.225. The fourth-order valence-corrected chi connectivity index (χ4v) is 1.21. The maximum absolute atomic E-state index is 10.9. The number of carbonyl (C=O) groups excluding carboxylic acids is 1. The average molecular weight is 187 g/mol. The molecule has 0 bridgehead atoms. The van der Waals surface area contributed by atoms with Crippen LogP contribution in [0.2, 0.25) is 0 Å². The van der Waals surface area contributed by atoms with Crippen molar-refractivity contribution in [1.29, 1.82) is 0 Å². The molecule has 2 N–H and O–H groups in total. The molecule has 0 aromatic carbocycles. The number of carbonyl (C=O) groups is 1. The van der Waals surface area contributed by atoms with Crippen molar-refractivity contribution < 1.29 is 9.53 Å². The maximum Gasteiger partial charge on any atom is 0.348 e. The lowest BCUT2D eigenvalue weighted by Gasteiger charge is -1.95. The van der Waals surface area contributed by atoms with Gasteiger partial charge in [-0.2, -0.15) is 0 Å². The number of esters is 1. The fourth-order valence-electron chi connectivity index (χ4n) is 0.597. The van der Waals surface area contributed by atoms with Gasteiger partial charge in [-0.15, -0.1) is 11.3 Å². The molecule has 12 heavy (non-hydrogen) atoms. The van der Waals surface area contributed by atoms with Crippen LogP contribution in [-0.2, 0) is 4.74 Å². The van der Waals surface area contributed by atoms with Gasteiger partial charge in [-0.1, -0.05) is 6.07 Å². The lowest BCUT2D eigenvalue weighted by atomic mass is 10.5. The van der Waals surface area contributed by atoms with E-state index in [2.05, 4.69) is 5.73 Å². The Morgan fingerprint density at radius 3 is 2.75 bits per heavy atom. The summed E-state index contributed by atoms with van der Waals surface area (Å²) in [4.78, 5) is 11.6. The zero-order valence-corrected chi connectivity index (χ0v) is 8.06. The summed E-state index contributed by atoms with van der Waals surface area (Å²) in [7, 11) is 1.50. The molecule has 1 aromatic rings. The standard InChI is InChI=1S/C7H8O2S.CH5N/c1-2-9-7(8)6-4-3-5-10-6;1-2/h3-5H,2H2,1H3;2H2,1H3. The van der Waals surface area contributed by atoms with Gasteiger partial charge in [-0.25, -0.2) is 4.79 Å². The quantitative estimate of drug-likeness (QED) is 0.714. The Hall–Kier alpha value is -0.870. The second kappa shape index (κ2) is 6.82. The number of thiophene rings is 1. The molecule has 0 fully saturated rings. The summed E-state index contributed by atoms with van der Waals surface area (Å²) < 4.78 is 4.76. The van der Waals surface area contributed by atoms with Crippen molar-refractivity contribution in [3.8, 4) is 0 Å². The van der Waals surface area contributed by atoms with E-state index in [0.717, 1.165) is 0 Å². The lowest BCUT2D eigenvalue weighted by Crippen LogP contribution is -2.01. The van der Waals surface area contributed by atoms with Crippen LogP contribution in [0.1, 0.15) is 16.6 Å². The molecule has 0 aliphatic rings. The van der Waals surface area contributed by atoms with Gasteiger partial charge in [0.25, 0.3) is 0 Å². The number of hydrogen-bond acceptors (Lipinski definition) is 4. The number of ether oxygens (including phenoxy) is 1. The van der Waals surface area contributed by atoms with Crippen molar-refractivity contribution in [2.75, 3.05) is 13.7 Å². The first-order valence-corrected chi connectivity index (χ1v) is 4.51. The molecule has 68 valence electrons. The Balaban J connectivity index is 0.000000561. The summed E-state index contributed by atoms with van der Waals surface area (Å²) in [6.45, 7) is 2.24. The Morgan fingerprint density at radius 2 is 2.33 bits per heavy atom. The highest BCUT2D eigenvalue weighted by Crippen LogP contribution is 2.09. The normalized spacial score (nSPS) is 8.25. The third kappa shape index (κ3) is 3.50. The van der Waals surface area contributed by atoms with Crippen LogP contribution < -0.4 is 5.73 Å². The Labute approximate surface area is 76.2 Å². The summed E-state index contributed by atoms with van der Waals surface area (Å²) in [6, 6.07) is 3.58. The number of rotatable bonds is 2. The van der Waals surface area contributed by atoms with Gasteiger partial charge in [0.05, 0.1) is 6.61 Å². The first kappa shape index (κ1) is 11.1. The minimum atomic E-state index is -0.225. The van der Waals surface area contributed by atoms with Crippen LogP contribution in [0.15, 0.2) is 17.5 Å². The molecule has 4 heteroatoms. The van der Waals surface area contributed by atoms with E-state index in [0.29, 0.717) is 11.5 Å². The molecule has 0 saturated carbocycles. The van der Waals surface area contributed by atoms with Crippen molar-refractivity contribution in [2.45, 2.75) is 6.92 Å². The first-order valence-electron chi connectivity index (χ1n) is 3.63. The average Bonchev–Trinajstić information content (AvgIpc) is 2.60. The molecule has 0 unspecified atom stereocenters. The van der Waals surface area contributed by atoms with Gasteiger partial charge >= 0.3 is 5.97 Å². The highest BCUT2D eigenvalue weighted by atomic mass is 32.1. The summed E-state index contributed by atoms with van der Waals surface area (Å²) in [5.74, 6) is -0.225. The Morgan fingerprint density at radius 1 is 1.67 bits per heavy atom. The van der Waals surface area contributed by atoms with Gasteiger partial charge in [-0.05, 0) is 25.4 Å². The van der Waals surface area contributed by atoms with Crippen molar-refractivity contribution in [2.24, 2.45) is 5.73 Å². The van der Waals surface area contributed by atoms with E-state index in [1.54, 1.807) is 13.0 Å². The monoisotopic (exact) mass is 187 g/mol. The summed E-state index contributed by atoms with van der Waals surface area (Å²) >= 11 is 1.40. The molecule has 1 rings (SSSR count). The van der Waals surface area contributed by atoms with Crippen LogP contribution in [-0.4, -0.2) is 19.6 Å². The van der Waals surface area contributed by atoms with Crippen LogP contribution in [0.3, 0.4) is 0 Å². The predicted octanol–water partition coefficient (Wildman–Crippen LogP) is 1.50. The number of nitrogens with two attached hydrogens (primary N) is 1. The molecule has 0 radical (unpaired) electrons. The molecule has 1 aromatic heterocycles. The van der Waals surface area contributed by atoms with E-state index in [9.17, 15) is 4.79 Å². The van der Waals surface area contributed by atoms with Gasteiger partial charge in [0, 0.05) is 0 Å². The zero-order valence-electron chi connectivity index (χ0n) is 7.24. The molecule has 0 saturated heterocycles. The summed E-state index contributed by atoms with van der Waals surface area (Å²) in [5.41, 5.74) is 4.50. The van der Waals surface area contributed by atoms with E-state index in [-0.39, 0.29) is 5.97 Å². The third-order valence-electron chi connectivity index (χ3n) is 0.998. The second-order valence-corrected chi connectivity index (χ2v) is 2.65. The van der Waals surface area contributed by atoms with E-state index < -0.39 is 0 Å². The van der Waals surface area contributed by atoms with Crippen LogP contribution in [0.25, 0.3) is 0 Å². The maximum atomic E-state index is 10.9. The van der Waals surface area contributed by atoms with Crippen molar-refractivity contribution >= 4 is 17.3 Å².